The first-order valence-corrected chi connectivity index (χ1v) is 6.99. The number of rotatable bonds is 5. The average Bonchev–Trinajstić information content (AvgIpc) is 2.38. The molecule has 19 heavy (non-hydrogen) atoms. The van der Waals surface area contributed by atoms with Crippen LogP contribution in [0.4, 0.5) is 5.69 Å². The highest BCUT2D eigenvalue weighted by Gasteiger charge is 2.04. The van der Waals surface area contributed by atoms with Crippen molar-refractivity contribution in [2.24, 2.45) is 0 Å². The van der Waals surface area contributed by atoms with Crippen LogP contribution >= 0.6 is 15.9 Å². The van der Waals surface area contributed by atoms with Gasteiger partial charge in [0, 0.05) is 10.7 Å². The minimum atomic E-state index is 0.206. The number of hydrogen-bond acceptors (Lipinski definition) is 3. The van der Waals surface area contributed by atoms with E-state index in [9.17, 15) is 0 Å². The van der Waals surface area contributed by atoms with Gasteiger partial charge in [0.15, 0.2) is 0 Å². The largest absolute Gasteiger partial charge is 0.491 e. The number of pyridine rings is 1. The van der Waals surface area contributed by atoms with Crippen LogP contribution in [0, 0.1) is 6.92 Å². The van der Waals surface area contributed by atoms with Crippen molar-refractivity contribution < 1.29 is 4.74 Å². The predicted octanol–water partition coefficient (Wildman–Crippen LogP) is 4.03. The smallest absolute Gasteiger partial charge is 0.119 e. The van der Waals surface area contributed by atoms with Crippen molar-refractivity contribution in [3.8, 4) is 5.75 Å². The van der Waals surface area contributed by atoms with Crippen molar-refractivity contribution in [3.63, 3.8) is 0 Å². The van der Waals surface area contributed by atoms with Crippen LogP contribution in [0.5, 0.6) is 5.75 Å². The fraction of sp³-hybridized carbons (Fsp3) is 0.267. The van der Waals surface area contributed by atoms with E-state index in [1.54, 1.807) is 12.4 Å². The number of aromatic nitrogens is 1. The molecule has 1 aromatic heterocycles. The molecular formula is C15H17BrN2O. The first kappa shape index (κ1) is 13.9. The first-order chi connectivity index (χ1) is 9.13. The SMILES string of the molecule is Cc1ccc(OCC(C)Nc2cncc(Br)c2)cc1. The molecule has 1 aromatic carbocycles. The number of nitrogens with zero attached hydrogens (tertiary/aromatic N) is 1. The zero-order valence-electron chi connectivity index (χ0n) is 11.1. The Labute approximate surface area is 122 Å². The maximum Gasteiger partial charge on any atom is 0.119 e. The molecule has 0 aliphatic rings. The first-order valence-electron chi connectivity index (χ1n) is 6.20. The van der Waals surface area contributed by atoms with Gasteiger partial charge in [-0.3, -0.25) is 4.98 Å². The van der Waals surface area contributed by atoms with E-state index in [0.29, 0.717) is 6.61 Å². The van der Waals surface area contributed by atoms with Crippen LogP contribution in [-0.2, 0) is 0 Å². The van der Waals surface area contributed by atoms with E-state index in [-0.39, 0.29) is 6.04 Å². The molecule has 1 N–H and O–H groups in total. The Morgan fingerprint density at radius 3 is 2.68 bits per heavy atom. The number of aryl methyl sites for hydroxylation is 1. The van der Waals surface area contributed by atoms with Crippen molar-refractivity contribution in [1.29, 1.82) is 0 Å². The fourth-order valence-electron chi connectivity index (χ4n) is 1.67. The second-order valence-corrected chi connectivity index (χ2v) is 5.48. The summed E-state index contributed by atoms with van der Waals surface area (Å²) >= 11 is 3.40. The van der Waals surface area contributed by atoms with Crippen molar-refractivity contribution in [2.75, 3.05) is 11.9 Å². The number of anilines is 1. The maximum atomic E-state index is 5.73. The van der Waals surface area contributed by atoms with E-state index in [2.05, 4.69) is 40.1 Å². The third-order valence-electron chi connectivity index (χ3n) is 2.64. The molecule has 0 bridgehead atoms. The van der Waals surface area contributed by atoms with E-state index < -0.39 is 0 Å². The highest BCUT2D eigenvalue weighted by atomic mass is 79.9. The molecule has 0 amide bonds. The lowest BCUT2D eigenvalue weighted by molar-refractivity contribution is 0.304. The lowest BCUT2D eigenvalue weighted by Gasteiger charge is -2.16. The summed E-state index contributed by atoms with van der Waals surface area (Å²) < 4.78 is 6.69. The third kappa shape index (κ3) is 4.56. The monoisotopic (exact) mass is 320 g/mol. The molecule has 100 valence electrons. The van der Waals surface area contributed by atoms with E-state index in [1.807, 2.05) is 30.3 Å². The van der Waals surface area contributed by atoms with Crippen LogP contribution < -0.4 is 10.1 Å². The summed E-state index contributed by atoms with van der Waals surface area (Å²) in [6, 6.07) is 10.3. The predicted molar refractivity (Wildman–Crippen MR) is 81.7 cm³/mol. The van der Waals surface area contributed by atoms with Gasteiger partial charge >= 0.3 is 0 Å². The van der Waals surface area contributed by atoms with E-state index in [4.69, 9.17) is 4.74 Å². The molecular weight excluding hydrogens is 304 g/mol. The van der Waals surface area contributed by atoms with Crippen LogP contribution in [0.2, 0.25) is 0 Å². The standard InChI is InChI=1S/C15H17BrN2O/c1-11-3-5-15(6-4-11)19-10-12(2)18-14-7-13(16)8-17-9-14/h3-9,12,18H,10H2,1-2H3. The van der Waals surface area contributed by atoms with Gasteiger partial charge in [0.05, 0.1) is 17.9 Å². The number of halogens is 1. The van der Waals surface area contributed by atoms with Gasteiger partial charge in [0.1, 0.15) is 12.4 Å². The Bertz CT molecular complexity index is 528. The van der Waals surface area contributed by atoms with Crippen molar-refractivity contribution >= 4 is 21.6 Å². The van der Waals surface area contributed by atoms with Crippen LogP contribution in [0.15, 0.2) is 47.2 Å². The topological polar surface area (TPSA) is 34.1 Å². The molecule has 4 heteroatoms. The van der Waals surface area contributed by atoms with Crippen LogP contribution in [0.25, 0.3) is 0 Å². The molecule has 3 nitrogen and oxygen atoms in total. The minimum absolute atomic E-state index is 0.206. The Balaban J connectivity index is 1.84. The summed E-state index contributed by atoms with van der Waals surface area (Å²) in [4.78, 5) is 4.12. The molecule has 1 atom stereocenters. The van der Waals surface area contributed by atoms with Crippen LogP contribution in [0.1, 0.15) is 12.5 Å². The molecule has 0 aliphatic carbocycles. The fourth-order valence-corrected chi connectivity index (χ4v) is 2.04. The molecule has 0 radical (unpaired) electrons. The summed E-state index contributed by atoms with van der Waals surface area (Å²) in [5, 5.41) is 3.35. The van der Waals surface area contributed by atoms with E-state index >= 15 is 0 Å². The van der Waals surface area contributed by atoms with Gasteiger partial charge in [0.25, 0.3) is 0 Å². The molecule has 1 heterocycles. The van der Waals surface area contributed by atoms with Crippen molar-refractivity contribution in [3.05, 3.63) is 52.8 Å². The van der Waals surface area contributed by atoms with Gasteiger partial charge in [-0.2, -0.15) is 0 Å². The van der Waals surface area contributed by atoms with Gasteiger partial charge in [0.2, 0.25) is 0 Å². The molecule has 0 saturated heterocycles. The normalized spacial score (nSPS) is 11.9. The average molecular weight is 321 g/mol. The van der Waals surface area contributed by atoms with Crippen molar-refractivity contribution in [2.45, 2.75) is 19.9 Å². The van der Waals surface area contributed by atoms with Gasteiger partial charge in [-0.05, 0) is 48.0 Å². The Hall–Kier alpha value is -1.55. The summed E-state index contributed by atoms with van der Waals surface area (Å²) in [6.45, 7) is 4.75. The Morgan fingerprint density at radius 2 is 2.00 bits per heavy atom. The minimum Gasteiger partial charge on any atom is -0.491 e. The molecule has 2 aromatic rings. The summed E-state index contributed by atoms with van der Waals surface area (Å²) in [5.41, 5.74) is 2.22. The second-order valence-electron chi connectivity index (χ2n) is 4.56. The van der Waals surface area contributed by atoms with Crippen molar-refractivity contribution in [1.82, 2.24) is 4.98 Å². The lowest BCUT2D eigenvalue weighted by atomic mass is 10.2. The van der Waals surface area contributed by atoms with Crippen LogP contribution in [-0.4, -0.2) is 17.6 Å². The number of benzene rings is 1. The Morgan fingerprint density at radius 1 is 1.26 bits per heavy atom. The molecule has 0 spiro atoms. The molecule has 1 unspecified atom stereocenters. The summed E-state index contributed by atoms with van der Waals surface area (Å²) in [7, 11) is 0. The number of hydrogen-bond donors (Lipinski definition) is 1. The van der Waals surface area contributed by atoms with Gasteiger partial charge < -0.3 is 10.1 Å². The van der Waals surface area contributed by atoms with Crippen LogP contribution in [0.3, 0.4) is 0 Å². The molecule has 2 rings (SSSR count). The quantitative estimate of drug-likeness (QED) is 0.903. The zero-order chi connectivity index (χ0) is 13.7. The van der Waals surface area contributed by atoms with E-state index in [1.165, 1.54) is 5.56 Å². The Kier molecular flexibility index (Phi) is 4.80. The second kappa shape index (κ2) is 6.57. The zero-order valence-corrected chi connectivity index (χ0v) is 12.6. The van der Waals surface area contributed by atoms with Gasteiger partial charge in [-0.15, -0.1) is 0 Å². The van der Waals surface area contributed by atoms with Gasteiger partial charge in [-0.1, -0.05) is 17.7 Å². The summed E-state index contributed by atoms with van der Waals surface area (Å²) in [6.07, 6.45) is 3.56. The van der Waals surface area contributed by atoms with E-state index in [0.717, 1.165) is 15.9 Å². The van der Waals surface area contributed by atoms with Gasteiger partial charge in [-0.25, -0.2) is 0 Å². The maximum absolute atomic E-state index is 5.73. The number of ether oxygens (including phenoxy) is 1. The third-order valence-corrected chi connectivity index (χ3v) is 3.07. The summed E-state index contributed by atoms with van der Waals surface area (Å²) in [5.74, 6) is 0.895. The lowest BCUT2D eigenvalue weighted by Crippen LogP contribution is -2.23. The highest BCUT2D eigenvalue weighted by molar-refractivity contribution is 9.10. The molecule has 0 fully saturated rings. The molecule has 0 saturated carbocycles. The molecule has 0 aliphatic heterocycles. The highest BCUT2D eigenvalue weighted by Crippen LogP contribution is 2.15. The number of nitrogens with one attached hydrogen (secondary N) is 1.